The van der Waals surface area contributed by atoms with E-state index in [1.165, 1.54) is 7.11 Å². The van der Waals surface area contributed by atoms with Crippen LogP contribution in [0, 0.1) is 0 Å². The average molecular weight is 230 g/mol. The van der Waals surface area contributed by atoms with Crippen molar-refractivity contribution in [2.45, 2.75) is 26.1 Å². The third-order valence-electron chi connectivity index (χ3n) is 3.07. The molecule has 1 aliphatic rings. The Labute approximate surface area is 97.3 Å². The van der Waals surface area contributed by atoms with Gasteiger partial charge in [0.2, 0.25) is 0 Å². The SMILES string of the molecule is CCO[C@@H]1CN([C@H](C)C(=O)OC)CCN1C. The summed E-state index contributed by atoms with van der Waals surface area (Å²) in [4.78, 5) is 15.7. The second-order valence-electron chi connectivity index (χ2n) is 4.08. The molecule has 2 atom stereocenters. The van der Waals surface area contributed by atoms with Gasteiger partial charge in [-0.3, -0.25) is 14.6 Å². The van der Waals surface area contributed by atoms with E-state index in [0.717, 1.165) is 19.6 Å². The molecule has 0 spiro atoms. The van der Waals surface area contributed by atoms with Gasteiger partial charge in [-0.1, -0.05) is 0 Å². The van der Waals surface area contributed by atoms with E-state index in [0.29, 0.717) is 6.61 Å². The first-order valence-corrected chi connectivity index (χ1v) is 5.73. The van der Waals surface area contributed by atoms with Gasteiger partial charge >= 0.3 is 5.97 Å². The average Bonchev–Trinajstić information content (AvgIpc) is 2.30. The van der Waals surface area contributed by atoms with Crippen molar-refractivity contribution in [1.29, 1.82) is 0 Å². The summed E-state index contributed by atoms with van der Waals surface area (Å²) in [6.45, 7) is 7.08. The highest BCUT2D eigenvalue weighted by atomic mass is 16.5. The smallest absolute Gasteiger partial charge is 0.322 e. The third kappa shape index (κ3) is 3.17. The highest BCUT2D eigenvalue weighted by Crippen LogP contribution is 2.12. The maximum atomic E-state index is 11.4. The Hall–Kier alpha value is -0.650. The molecule has 0 bridgehead atoms. The Bertz CT molecular complexity index is 235. The van der Waals surface area contributed by atoms with Gasteiger partial charge in [-0.05, 0) is 20.9 Å². The molecular weight excluding hydrogens is 208 g/mol. The molecule has 0 N–H and O–H groups in total. The first-order chi connectivity index (χ1) is 7.60. The Morgan fingerprint density at radius 1 is 1.50 bits per heavy atom. The molecule has 0 saturated carbocycles. The normalized spacial score (nSPS) is 25.4. The van der Waals surface area contributed by atoms with Crippen molar-refractivity contribution < 1.29 is 14.3 Å². The number of esters is 1. The summed E-state index contributed by atoms with van der Waals surface area (Å²) in [5.41, 5.74) is 0. The zero-order valence-corrected chi connectivity index (χ0v) is 10.6. The van der Waals surface area contributed by atoms with Gasteiger partial charge in [0.15, 0.2) is 0 Å². The first-order valence-electron chi connectivity index (χ1n) is 5.73. The third-order valence-corrected chi connectivity index (χ3v) is 3.07. The van der Waals surface area contributed by atoms with E-state index < -0.39 is 0 Å². The lowest BCUT2D eigenvalue weighted by Gasteiger charge is -2.40. The first kappa shape index (κ1) is 13.4. The van der Waals surface area contributed by atoms with Crippen LogP contribution in [0.4, 0.5) is 0 Å². The van der Waals surface area contributed by atoms with E-state index in [-0.39, 0.29) is 18.2 Å². The summed E-state index contributed by atoms with van der Waals surface area (Å²) >= 11 is 0. The van der Waals surface area contributed by atoms with E-state index in [1.54, 1.807) is 0 Å². The molecule has 1 fully saturated rings. The molecule has 0 aromatic heterocycles. The topological polar surface area (TPSA) is 42.0 Å². The zero-order valence-electron chi connectivity index (χ0n) is 10.6. The molecule has 16 heavy (non-hydrogen) atoms. The van der Waals surface area contributed by atoms with Gasteiger partial charge in [0, 0.05) is 26.2 Å². The number of carbonyl (C=O) groups is 1. The van der Waals surface area contributed by atoms with Crippen molar-refractivity contribution in [1.82, 2.24) is 9.80 Å². The van der Waals surface area contributed by atoms with Gasteiger partial charge in [0.05, 0.1) is 7.11 Å². The second kappa shape index (κ2) is 6.18. The molecule has 0 amide bonds. The van der Waals surface area contributed by atoms with Crippen LogP contribution >= 0.6 is 0 Å². The van der Waals surface area contributed by atoms with Crippen molar-refractivity contribution in [3.8, 4) is 0 Å². The predicted octanol–water partition coefficient (Wildman–Crippen LogP) is 0.158. The summed E-state index contributed by atoms with van der Waals surface area (Å²) in [6, 6.07) is -0.193. The molecule has 1 saturated heterocycles. The molecule has 0 unspecified atom stereocenters. The molecule has 0 aromatic carbocycles. The Balaban J connectivity index is 2.53. The number of rotatable bonds is 4. The Morgan fingerprint density at radius 2 is 2.19 bits per heavy atom. The van der Waals surface area contributed by atoms with Crippen LogP contribution in [-0.2, 0) is 14.3 Å². The van der Waals surface area contributed by atoms with Crippen LogP contribution in [0.3, 0.4) is 0 Å². The van der Waals surface area contributed by atoms with Gasteiger partial charge in [-0.15, -0.1) is 0 Å². The van der Waals surface area contributed by atoms with Crippen LogP contribution in [-0.4, -0.2) is 68.4 Å². The number of hydrogen-bond acceptors (Lipinski definition) is 5. The molecule has 1 heterocycles. The van der Waals surface area contributed by atoms with Crippen LogP contribution in [0.15, 0.2) is 0 Å². The lowest BCUT2D eigenvalue weighted by Crippen LogP contribution is -2.56. The van der Waals surface area contributed by atoms with Gasteiger partial charge in [0.25, 0.3) is 0 Å². The second-order valence-corrected chi connectivity index (χ2v) is 4.08. The number of piperazine rings is 1. The van der Waals surface area contributed by atoms with Crippen LogP contribution in [0.25, 0.3) is 0 Å². The molecule has 94 valence electrons. The fourth-order valence-corrected chi connectivity index (χ4v) is 1.91. The summed E-state index contributed by atoms with van der Waals surface area (Å²) < 4.78 is 10.4. The van der Waals surface area contributed by atoms with Crippen molar-refractivity contribution in [3.63, 3.8) is 0 Å². The van der Waals surface area contributed by atoms with Crippen molar-refractivity contribution in [3.05, 3.63) is 0 Å². The minimum absolute atomic E-state index is 0.0749. The summed E-state index contributed by atoms with van der Waals surface area (Å²) in [6.07, 6.45) is 0.0749. The van der Waals surface area contributed by atoms with Gasteiger partial charge in [-0.2, -0.15) is 0 Å². The van der Waals surface area contributed by atoms with Crippen molar-refractivity contribution in [2.75, 3.05) is 40.4 Å². The monoisotopic (exact) mass is 230 g/mol. The maximum absolute atomic E-state index is 11.4. The van der Waals surface area contributed by atoms with Gasteiger partial charge in [-0.25, -0.2) is 0 Å². The molecule has 0 aromatic rings. The molecule has 5 nitrogen and oxygen atoms in total. The molecule has 0 radical (unpaired) electrons. The van der Waals surface area contributed by atoms with Crippen LogP contribution in [0.2, 0.25) is 0 Å². The Kier molecular flexibility index (Phi) is 5.18. The van der Waals surface area contributed by atoms with Crippen LogP contribution < -0.4 is 0 Å². The quantitative estimate of drug-likeness (QED) is 0.643. The number of hydrogen-bond donors (Lipinski definition) is 0. The van der Waals surface area contributed by atoms with Crippen molar-refractivity contribution in [2.24, 2.45) is 0 Å². The Morgan fingerprint density at radius 3 is 2.75 bits per heavy atom. The van der Waals surface area contributed by atoms with E-state index in [9.17, 15) is 4.79 Å². The number of methoxy groups -OCH3 is 1. The minimum Gasteiger partial charge on any atom is -0.468 e. The van der Waals surface area contributed by atoms with E-state index in [2.05, 4.69) is 9.80 Å². The fourth-order valence-electron chi connectivity index (χ4n) is 1.91. The van der Waals surface area contributed by atoms with Gasteiger partial charge in [0.1, 0.15) is 12.3 Å². The molecule has 1 rings (SSSR count). The maximum Gasteiger partial charge on any atom is 0.322 e. The number of carbonyl (C=O) groups excluding carboxylic acids is 1. The predicted molar refractivity (Wildman–Crippen MR) is 61.1 cm³/mol. The van der Waals surface area contributed by atoms with Gasteiger partial charge < -0.3 is 9.47 Å². The summed E-state index contributed by atoms with van der Waals surface area (Å²) in [7, 11) is 3.47. The highest BCUT2D eigenvalue weighted by Gasteiger charge is 2.30. The number of likely N-dealkylation sites (N-methyl/N-ethyl adjacent to an activating group) is 1. The molecule has 5 heteroatoms. The summed E-state index contributed by atoms with van der Waals surface area (Å²) in [5.74, 6) is -0.181. The van der Waals surface area contributed by atoms with Crippen LogP contribution in [0.1, 0.15) is 13.8 Å². The molecule has 1 aliphatic heterocycles. The molecule has 0 aliphatic carbocycles. The zero-order chi connectivity index (χ0) is 12.1. The van der Waals surface area contributed by atoms with E-state index >= 15 is 0 Å². The minimum atomic E-state index is -0.193. The fraction of sp³-hybridized carbons (Fsp3) is 0.909. The van der Waals surface area contributed by atoms with E-state index in [1.807, 2.05) is 20.9 Å². The van der Waals surface area contributed by atoms with E-state index in [4.69, 9.17) is 9.47 Å². The molecular formula is C11H22N2O3. The lowest BCUT2D eigenvalue weighted by atomic mass is 10.2. The lowest BCUT2D eigenvalue weighted by molar-refractivity contribution is -0.151. The summed E-state index contributed by atoms with van der Waals surface area (Å²) in [5, 5.41) is 0. The largest absolute Gasteiger partial charge is 0.468 e. The standard InChI is InChI=1S/C11H22N2O3/c1-5-16-10-8-13(7-6-12(10)3)9(2)11(14)15-4/h9-10H,5-8H2,1-4H3/t9-,10-/m1/s1. The number of ether oxygens (including phenoxy) is 2. The highest BCUT2D eigenvalue weighted by molar-refractivity contribution is 5.75. The van der Waals surface area contributed by atoms with Crippen LogP contribution in [0.5, 0.6) is 0 Å². The number of nitrogens with zero attached hydrogens (tertiary/aromatic N) is 2. The van der Waals surface area contributed by atoms with Crippen molar-refractivity contribution >= 4 is 5.97 Å².